The van der Waals surface area contributed by atoms with Crippen molar-refractivity contribution < 1.29 is 23.0 Å². The summed E-state index contributed by atoms with van der Waals surface area (Å²) in [6.45, 7) is 0.166. The highest BCUT2D eigenvalue weighted by atomic mass is 32.2. The standard InChI is InChI=1S/C35H35N3O5S2/c1-38-18-17-36-35(38)44-24-31-21-33(27-15-13-25(23-39)14-16-27)43-34(42-31)30-10-6-9-29(20-30)28-8-5-7-26(19-28)22-37-45(40,41)32-11-3-2-4-12-32/h2-20,31,33-34,37,39H,21-24H2,1H3/t31-,33+,34+/m0/s1. The van der Waals surface area contributed by atoms with Crippen molar-refractivity contribution in [3.63, 3.8) is 0 Å². The second-order valence-corrected chi connectivity index (χ2v) is 13.7. The SMILES string of the molecule is Cn1ccnc1SC[C@@H]1C[C@H](c2ccc(CO)cc2)O[C@H](c2cccc(-c3cccc(CNS(=O)(=O)c4ccccc4)c3)c2)O1. The van der Waals surface area contributed by atoms with Gasteiger partial charge < -0.3 is 19.1 Å². The molecule has 10 heteroatoms. The quantitative estimate of drug-likeness (QED) is 0.161. The molecule has 0 saturated carbocycles. The van der Waals surface area contributed by atoms with Gasteiger partial charge in [-0.25, -0.2) is 18.1 Å². The third-order valence-corrected chi connectivity index (χ3v) is 10.3. The molecule has 5 aromatic rings. The molecular weight excluding hydrogens is 607 g/mol. The van der Waals surface area contributed by atoms with Crippen LogP contribution in [-0.2, 0) is 39.7 Å². The van der Waals surface area contributed by atoms with E-state index in [4.69, 9.17) is 9.47 Å². The van der Waals surface area contributed by atoms with Gasteiger partial charge in [0.25, 0.3) is 0 Å². The van der Waals surface area contributed by atoms with Gasteiger partial charge in [-0.1, -0.05) is 90.6 Å². The van der Waals surface area contributed by atoms with Gasteiger partial charge in [0.15, 0.2) is 11.4 Å². The molecule has 45 heavy (non-hydrogen) atoms. The molecular formula is C35H35N3O5S2. The molecule has 3 atom stereocenters. The third-order valence-electron chi connectivity index (χ3n) is 7.73. The van der Waals surface area contributed by atoms with E-state index in [-0.39, 0.29) is 30.3 Å². The number of imidazole rings is 1. The van der Waals surface area contributed by atoms with E-state index in [0.717, 1.165) is 44.3 Å². The van der Waals surface area contributed by atoms with E-state index >= 15 is 0 Å². The van der Waals surface area contributed by atoms with Crippen molar-refractivity contribution in [1.29, 1.82) is 0 Å². The summed E-state index contributed by atoms with van der Waals surface area (Å²) in [5, 5.41) is 10.4. The van der Waals surface area contributed by atoms with Crippen LogP contribution in [0.2, 0.25) is 0 Å². The van der Waals surface area contributed by atoms with Crippen LogP contribution in [0.5, 0.6) is 0 Å². The number of rotatable bonds is 11. The Balaban J connectivity index is 1.21. The smallest absolute Gasteiger partial charge is 0.240 e. The second-order valence-electron chi connectivity index (χ2n) is 10.9. The number of hydrogen-bond donors (Lipinski definition) is 2. The van der Waals surface area contributed by atoms with E-state index in [1.165, 1.54) is 0 Å². The topological polar surface area (TPSA) is 103 Å². The largest absolute Gasteiger partial charge is 0.392 e. The summed E-state index contributed by atoms with van der Waals surface area (Å²) in [4.78, 5) is 4.68. The lowest BCUT2D eigenvalue weighted by molar-refractivity contribution is -0.245. The highest BCUT2D eigenvalue weighted by Gasteiger charge is 2.32. The highest BCUT2D eigenvalue weighted by molar-refractivity contribution is 7.99. The number of aliphatic hydroxyl groups excluding tert-OH is 1. The molecule has 0 spiro atoms. The minimum atomic E-state index is -3.62. The molecule has 4 aromatic carbocycles. The lowest BCUT2D eigenvalue weighted by atomic mass is 9.99. The van der Waals surface area contributed by atoms with Crippen LogP contribution in [0.3, 0.4) is 0 Å². The van der Waals surface area contributed by atoms with Gasteiger partial charge in [0, 0.05) is 43.7 Å². The molecule has 2 N–H and O–H groups in total. The molecule has 0 amide bonds. The third kappa shape index (κ3) is 7.73. The minimum Gasteiger partial charge on any atom is -0.392 e. The Morgan fingerprint density at radius 1 is 0.889 bits per heavy atom. The van der Waals surface area contributed by atoms with E-state index in [9.17, 15) is 13.5 Å². The first-order valence-corrected chi connectivity index (χ1v) is 17.2. The number of thioether (sulfide) groups is 1. The Bertz CT molecular complexity index is 1830. The van der Waals surface area contributed by atoms with Crippen molar-refractivity contribution in [3.8, 4) is 11.1 Å². The van der Waals surface area contributed by atoms with Gasteiger partial charge in [-0.15, -0.1) is 0 Å². The number of nitrogens with zero attached hydrogens (tertiary/aromatic N) is 2. The first kappa shape index (κ1) is 31.2. The van der Waals surface area contributed by atoms with Crippen LogP contribution in [0.1, 0.15) is 41.1 Å². The van der Waals surface area contributed by atoms with Crippen molar-refractivity contribution in [2.24, 2.45) is 7.05 Å². The maximum Gasteiger partial charge on any atom is 0.240 e. The average molecular weight is 642 g/mol. The van der Waals surface area contributed by atoms with E-state index in [1.54, 1.807) is 48.3 Å². The molecule has 0 radical (unpaired) electrons. The Morgan fingerprint density at radius 3 is 2.38 bits per heavy atom. The number of aryl methyl sites for hydroxylation is 1. The molecule has 0 bridgehead atoms. The maximum absolute atomic E-state index is 12.7. The van der Waals surface area contributed by atoms with Gasteiger partial charge in [0.2, 0.25) is 10.0 Å². The summed E-state index contributed by atoms with van der Waals surface area (Å²) in [5.74, 6) is 0.719. The molecule has 1 aliphatic heterocycles. The second kappa shape index (κ2) is 14.1. The molecule has 8 nitrogen and oxygen atoms in total. The predicted octanol–water partition coefficient (Wildman–Crippen LogP) is 6.40. The number of nitrogens with one attached hydrogen (secondary N) is 1. The van der Waals surface area contributed by atoms with Crippen molar-refractivity contribution in [3.05, 3.63) is 138 Å². The first-order chi connectivity index (χ1) is 21.9. The maximum atomic E-state index is 12.7. The van der Waals surface area contributed by atoms with Gasteiger partial charge in [0.05, 0.1) is 23.7 Å². The van der Waals surface area contributed by atoms with Gasteiger partial charge in [0.1, 0.15) is 0 Å². The number of sulfonamides is 1. The van der Waals surface area contributed by atoms with Gasteiger partial charge in [-0.05, 0) is 52.1 Å². The van der Waals surface area contributed by atoms with Crippen LogP contribution in [-0.4, -0.2) is 34.9 Å². The molecule has 0 aliphatic carbocycles. The fourth-order valence-electron chi connectivity index (χ4n) is 5.27. The van der Waals surface area contributed by atoms with Gasteiger partial charge in [-0.2, -0.15) is 0 Å². The van der Waals surface area contributed by atoms with Crippen molar-refractivity contribution in [1.82, 2.24) is 14.3 Å². The summed E-state index contributed by atoms with van der Waals surface area (Å²) in [7, 11) is -1.64. The summed E-state index contributed by atoms with van der Waals surface area (Å²) < 4.78 is 43.3. The summed E-state index contributed by atoms with van der Waals surface area (Å²) in [6, 6.07) is 32.2. The van der Waals surface area contributed by atoms with Crippen LogP contribution in [0, 0.1) is 0 Å². The average Bonchev–Trinajstić information content (AvgIpc) is 3.51. The van der Waals surface area contributed by atoms with Gasteiger partial charge >= 0.3 is 0 Å². The Kier molecular flexibility index (Phi) is 9.79. The lowest BCUT2D eigenvalue weighted by Crippen LogP contribution is -2.31. The van der Waals surface area contributed by atoms with E-state index in [0.29, 0.717) is 6.42 Å². The summed E-state index contributed by atoms with van der Waals surface area (Å²) in [5.41, 5.74) is 5.57. The van der Waals surface area contributed by atoms with Crippen LogP contribution in [0.25, 0.3) is 11.1 Å². The Hall–Kier alpha value is -3.77. The van der Waals surface area contributed by atoms with Crippen LogP contribution in [0.4, 0.5) is 0 Å². The molecule has 0 unspecified atom stereocenters. The van der Waals surface area contributed by atoms with E-state index < -0.39 is 16.3 Å². The van der Waals surface area contributed by atoms with Crippen LogP contribution < -0.4 is 4.72 Å². The highest BCUT2D eigenvalue weighted by Crippen LogP contribution is 2.40. The predicted molar refractivity (Wildman–Crippen MR) is 175 cm³/mol. The normalized spacial score (nSPS) is 18.6. The molecule has 1 saturated heterocycles. The molecule has 1 aromatic heterocycles. The molecule has 6 rings (SSSR count). The van der Waals surface area contributed by atoms with E-state index in [2.05, 4.69) is 15.8 Å². The summed E-state index contributed by atoms with van der Waals surface area (Å²) >= 11 is 1.66. The molecule has 1 aliphatic rings. The van der Waals surface area contributed by atoms with Crippen molar-refractivity contribution in [2.45, 2.75) is 48.1 Å². The van der Waals surface area contributed by atoms with Crippen LogP contribution >= 0.6 is 11.8 Å². The number of ether oxygens (including phenoxy) is 2. The summed E-state index contributed by atoms with van der Waals surface area (Å²) in [6.07, 6.45) is 3.55. The number of benzene rings is 4. The first-order valence-electron chi connectivity index (χ1n) is 14.7. The molecule has 232 valence electrons. The Labute approximate surface area is 268 Å². The fourth-order valence-corrected chi connectivity index (χ4v) is 7.26. The van der Waals surface area contributed by atoms with Gasteiger partial charge in [-0.3, -0.25) is 0 Å². The number of hydrogen-bond acceptors (Lipinski definition) is 7. The zero-order valence-corrected chi connectivity index (χ0v) is 26.5. The molecule has 1 fully saturated rings. The number of aliphatic hydroxyl groups is 1. The monoisotopic (exact) mass is 641 g/mol. The number of aromatic nitrogens is 2. The zero-order chi connectivity index (χ0) is 31.2. The van der Waals surface area contributed by atoms with E-state index in [1.807, 2.05) is 84.5 Å². The molecule has 2 heterocycles. The van der Waals surface area contributed by atoms with Crippen molar-refractivity contribution in [2.75, 3.05) is 5.75 Å². The Morgan fingerprint density at radius 2 is 1.64 bits per heavy atom. The van der Waals surface area contributed by atoms with Crippen LogP contribution in [0.15, 0.2) is 126 Å². The van der Waals surface area contributed by atoms with Crippen molar-refractivity contribution >= 4 is 21.8 Å². The fraction of sp³-hybridized carbons (Fsp3) is 0.229. The lowest BCUT2D eigenvalue weighted by Gasteiger charge is -2.36. The minimum absolute atomic E-state index is 0.00658. The zero-order valence-electron chi connectivity index (χ0n) is 24.8.